The first-order valence-electron chi connectivity index (χ1n) is 6.73. The van der Waals surface area contributed by atoms with Crippen LogP contribution in [0.25, 0.3) is 0 Å². The minimum absolute atomic E-state index is 0.0580. The Morgan fingerprint density at radius 2 is 1.95 bits per heavy atom. The molecular weight excluding hydrogens is 258 g/mol. The van der Waals surface area contributed by atoms with Crippen LogP contribution in [0, 0.1) is 6.92 Å². The zero-order valence-corrected chi connectivity index (χ0v) is 11.7. The highest BCUT2D eigenvalue weighted by Gasteiger charge is 2.36. The van der Waals surface area contributed by atoms with Crippen molar-refractivity contribution in [3.05, 3.63) is 29.8 Å². The average molecular weight is 277 g/mol. The normalized spacial score (nSPS) is 15.5. The molecule has 1 aliphatic rings. The van der Waals surface area contributed by atoms with Crippen molar-refractivity contribution >= 4 is 11.9 Å². The zero-order valence-electron chi connectivity index (χ0n) is 11.7. The van der Waals surface area contributed by atoms with Crippen molar-refractivity contribution in [2.45, 2.75) is 38.8 Å². The molecule has 0 radical (unpaired) electrons. The molecular formula is C15H19NO4. The molecule has 0 bridgehead atoms. The Labute approximate surface area is 118 Å². The fourth-order valence-electron chi connectivity index (χ4n) is 2.02. The van der Waals surface area contributed by atoms with Gasteiger partial charge in [-0.3, -0.25) is 9.59 Å². The highest BCUT2D eigenvalue weighted by molar-refractivity contribution is 5.85. The van der Waals surface area contributed by atoms with Gasteiger partial charge in [0, 0.05) is 6.04 Å². The fraction of sp³-hybridized carbons (Fsp3) is 0.467. The summed E-state index contributed by atoms with van der Waals surface area (Å²) in [6.07, 6.45) is 1.06. The maximum absolute atomic E-state index is 12.3. The lowest BCUT2D eigenvalue weighted by molar-refractivity contribution is -0.148. The first-order chi connectivity index (χ1) is 9.47. The van der Waals surface area contributed by atoms with Crippen LogP contribution in [0.3, 0.4) is 0 Å². The van der Waals surface area contributed by atoms with E-state index >= 15 is 0 Å². The van der Waals surface area contributed by atoms with E-state index in [0.29, 0.717) is 5.75 Å². The molecule has 5 nitrogen and oxygen atoms in total. The van der Waals surface area contributed by atoms with Gasteiger partial charge in [-0.1, -0.05) is 17.7 Å². The van der Waals surface area contributed by atoms with Gasteiger partial charge < -0.3 is 14.7 Å². The summed E-state index contributed by atoms with van der Waals surface area (Å²) in [5.41, 5.74) is 1.11. The van der Waals surface area contributed by atoms with Crippen LogP contribution in [0.15, 0.2) is 24.3 Å². The molecule has 0 aliphatic heterocycles. The minimum Gasteiger partial charge on any atom is -0.481 e. The van der Waals surface area contributed by atoms with E-state index in [1.165, 1.54) is 4.90 Å². The summed E-state index contributed by atoms with van der Waals surface area (Å²) in [7, 11) is 0. The molecule has 20 heavy (non-hydrogen) atoms. The number of amides is 1. The molecule has 108 valence electrons. The van der Waals surface area contributed by atoms with Gasteiger partial charge in [0.15, 0.2) is 6.10 Å². The number of benzene rings is 1. The second-order valence-electron chi connectivity index (χ2n) is 5.16. The number of aliphatic carboxylic acids is 1. The number of carbonyl (C=O) groups excluding carboxylic acids is 1. The molecule has 0 spiro atoms. The molecule has 1 aromatic rings. The molecule has 1 saturated carbocycles. The van der Waals surface area contributed by atoms with Gasteiger partial charge >= 0.3 is 5.97 Å². The van der Waals surface area contributed by atoms with Gasteiger partial charge in [-0.15, -0.1) is 0 Å². The Balaban J connectivity index is 1.99. The summed E-state index contributed by atoms with van der Waals surface area (Å²) in [5.74, 6) is -0.647. The number of aryl methyl sites for hydroxylation is 1. The van der Waals surface area contributed by atoms with Crippen molar-refractivity contribution in [3.8, 4) is 5.75 Å². The van der Waals surface area contributed by atoms with Crippen molar-refractivity contribution < 1.29 is 19.4 Å². The highest BCUT2D eigenvalue weighted by Crippen LogP contribution is 2.27. The lowest BCUT2D eigenvalue weighted by Crippen LogP contribution is -2.44. The number of hydrogen-bond donors (Lipinski definition) is 1. The number of carboxylic acids is 1. The standard InChI is InChI=1S/C15H19NO4/c1-10-3-7-13(8-4-10)20-11(2)15(19)16(9-14(17)18)12-5-6-12/h3-4,7-8,11-12H,5-6,9H2,1-2H3,(H,17,18). The largest absolute Gasteiger partial charge is 0.481 e. The average Bonchev–Trinajstić information content (AvgIpc) is 3.22. The predicted octanol–water partition coefficient (Wildman–Crippen LogP) is 1.84. The fourth-order valence-corrected chi connectivity index (χ4v) is 2.02. The van der Waals surface area contributed by atoms with Gasteiger partial charge in [0.1, 0.15) is 12.3 Å². The van der Waals surface area contributed by atoms with E-state index in [1.54, 1.807) is 19.1 Å². The van der Waals surface area contributed by atoms with E-state index in [-0.39, 0.29) is 18.5 Å². The van der Waals surface area contributed by atoms with E-state index in [2.05, 4.69) is 0 Å². The number of ether oxygens (including phenoxy) is 1. The van der Waals surface area contributed by atoms with E-state index in [0.717, 1.165) is 18.4 Å². The Morgan fingerprint density at radius 3 is 2.45 bits per heavy atom. The first kappa shape index (κ1) is 14.4. The quantitative estimate of drug-likeness (QED) is 0.861. The summed E-state index contributed by atoms with van der Waals surface area (Å²) < 4.78 is 5.59. The third kappa shape index (κ3) is 3.73. The number of carbonyl (C=O) groups is 2. The van der Waals surface area contributed by atoms with Crippen LogP contribution >= 0.6 is 0 Å². The van der Waals surface area contributed by atoms with Gasteiger partial charge in [-0.25, -0.2) is 0 Å². The first-order valence-corrected chi connectivity index (χ1v) is 6.73. The van der Waals surface area contributed by atoms with Crippen LogP contribution in [0.5, 0.6) is 5.75 Å². The smallest absolute Gasteiger partial charge is 0.323 e. The van der Waals surface area contributed by atoms with Crippen LogP contribution in [0.2, 0.25) is 0 Å². The lowest BCUT2D eigenvalue weighted by atomic mass is 10.2. The molecule has 1 N–H and O–H groups in total. The summed E-state index contributed by atoms with van der Waals surface area (Å²) in [6, 6.07) is 7.48. The van der Waals surface area contributed by atoms with Crippen molar-refractivity contribution in [1.29, 1.82) is 0 Å². The Morgan fingerprint density at radius 1 is 1.35 bits per heavy atom. The van der Waals surface area contributed by atoms with Gasteiger partial charge in [-0.2, -0.15) is 0 Å². The molecule has 1 atom stereocenters. The highest BCUT2D eigenvalue weighted by atomic mass is 16.5. The molecule has 1 amide bonds. The lowest BCUT2D eigenvalue weighted by Gasteiger charge is -2.24. The number of rotatable bonds is 6. The molecule has 0 aromatic heterocycles. The van der Waals surface area contributed by atoms with Crippen LogP contribution in [-0.4, -0.2) is 40.6 Å². The van der Waals surface area contributed by atoms with Crippen molar-refractivity contribution in [3.63, 3.8) is 0 Å². The summed E-state index contributed by atoms with van der Waals surface area (Å²) >= 11 is 0. The van der Waals surface area contributed by atoms with Crippen molar-refractivity contribution in [2.75, 3.05) is 6.54 Å². The van der Waals surface area contributed by atoms with Gasteiger partial charge in [0.05, 0.1) is 0 Å². The molecule has 2 rings (SSSR count). The number of nitrogens with zero attached hydrogens (tertiary/aromatic N) is 1. The third-order valence-corrected chi connectivity index (χ3v) is 3.26. The van der Waals surface area contributed by atoms with Crippen LogP contribution in [0.1, 0.15) is 25.3 Å². The topological polar surface area (TPSA) is 66.8 Å². The maximum Gasteiger partial charge on any atom is 0.323 e. The molecule has 0 heterocycles. The van der Waals surface area contributed by atoms with Gasteiger partial charge in [-0.05, 0) is 38.8 Å². The summed E-state index contributed by atoms with van der Waals surface area (Å²) in [4.78, 5) is 24.5. The zero-order chi connectivity index (χ0) is 14.7. The Bertz CT molecular complexity index is 493. The Hall–Kier alpha value is -2.04. The van der Waals surface area contributed by atoms with Crippen molar-refractivity contribution in [1.82, 2.24) is 4.90 Å². The number of carboxylic acid groups (broad SMARTS) is 1. The molecule has 1 aromatic carbocycles. The molecule has 0 saturated heterocycles. The third-order valence-electron chi connectivity index (χ3n) is 3.26. The molecule has 5 heteroatoms. The van der Waals surface area contributed by atoms with E-state index in [4.69, 9.17) is 9.84 Å². The SMILES string of the molecule is Cc1ccc(OC(C)C(=O)N(CC(=O)O)C2CC2)cc1. The van der Waals surface area contributed by atoms with E-state index in [9.17, 15) is 9.59 Å². The second-order valence-corrected chi connectivity index (χ2v) is 5.16. The maximum atomic E-state index is 12.3. The predicted molar refractivity (Wildman–Crippen MR) is 73.6 cm³/mol. The van der Waals surface area contributed by atoms with E-state index in [1.807, 2.05) is 19.1 Å². The summed E-state index contributed by atoms with van der Waals surface area (Å²) in [5, 5.41) is 8.88. The molecule has 1 aliphatic carbocycles. The van der Waals surface area contributed by atoms with E-state index < -0.39 is 12.1 Å². The van der Waals surface area contributed by atoms with Crippen LogP contribution < -0.4 is 4.74 Å². The second kappa shape index (κ2) is 5.94. The monoisotopic (exact) mass is 277 g/mol. The molecule has 1 unspecified atom stereocenters. The number of hydrogen-bond acceptors (Lipinski definition) is 3. The van der Waals surface area contributed by atoms with Crippen molar-refractivity contribution in [2.24, 2.45) is 0 Å². The van der Waals surface area contributed by atoms with Gasteiger partial charge in [0.2, 0.25) is 0 Å². The van der Waals surface area contributed by atoms with Crippen LogP contribution in [0.4, 0.5) is 0 Å². The minimum atomic E-state index is -0.993. The van der Waals surface area contributed by atoms with Crippen LogP contribution in [-0.2, 0) is 9.59 Å². The molecule has 1 fully saturated rings. The summed E-state index contributed by atoms with van der Waals surface area (Å²) in [6.45, 7) is 3.37. The Kier molecular flexibility index (Phi) is 4.27. The van der Waals surface area contributed by atoms with Gasteiger partial charge in [0.25, 0.3) is 5.91 Å².